The van der Waals surface area contributed by atoms with E-state index in [4.69, 9.17) is 11.6 Å². The fourth-order valence-electron chi connectivity index (χ4n) is 3.83. The molecule has 0 spiro atoms. The lowest BCUT2D eigenvalue weighted by Crippen LogP contribution is -2.49. The SMILES string of the molecule is CC[C@H](C)NC(=O)[C@@H](C)N(Cc1ccccc1Cl)C(=O)CCCN(c1cc(C)ccc1C)S(C)(=O)=O. The van der Waals surface area contributed by atoms with Gasteiger partial charge in [0.2, 0.25) is 21.8 Å². The Balaban J connectivity index is 2.22. The Morgan fingerprint density at radius 3 is 2.36 bits per heavy atom. The van der Waals surface area contributed by atoms with Crippen molar-refractivity contribution in [3.63, 3.8) is 0 Å². The fraction of sp³-hybridized carbons (Fsp3) is 0.481. The van der Waals surface area contributed by atoms with Crippen LogP contribution in [0.1, 0.15) is 56.7 Å². The van der Waals surface area contributed by atoms with Gasteiger partial charge in [0, 0.05) is 30.6 Å². The van der Waals surface area contributed by atoms with Gasteiger partial charge in [-0.05, 0) is 69.4 Å². The van der Waals surface area contributed by atoms with E-state index >= 15 is 0 Å². The lowest BCUT2D eigenvalue weighted by molar-refractivity contribution is -0.140. The predicted molar refractivity (Wildman–Crippen MR) is 147 cm³/mol. The number of rotatable bonds is 12. The van der Waals surface area contributed by atoms with Crippen molar-refractivity contribution in [1.82, 2.24) is 10.2 Å². The van der Waals surface area contributed by atoms with E-state index < -0.39 is 16.1 Å². The van der Waals surface area contributed by atoms with Gasteiger partial charge in [-0.3, -0.25) is 13.9 Å². The lowest BCUT2D eigenvalue weighted by atomic mass is 10.1. The van der Waals surface area contributed by atoms with Crippen LogP contribution in [0.2, 0.25) is 5.02 Å². The number of amides is 2. The average molecular weight is 536 g/mol. The molecule has 2 amide bonds. The van der Waals surface area contributed by atoms with Crippen LogP contribution in [0.5, 0.6) is 0 Å². The average Bonchev–Trinajstić information content (AvgIpc) is 2.81. The number of sulfonamides is 1. The Kier molecular flexibility index (Phi) is 10.8. The summed E-state index contributed by atoms with van der Waals surface area (Å²) in [7, 11) is -3.55. The van der Waals surface area contributed by atoms with Crippen LogP contribution in [0.15, 0.2) is 42.5 Å². The largest absolute Gasteiger partial charge is 0.352 e. The van der Waals surface area contributed by atoms with Crippen LogP contribution in [0.4, 0.5) is 5.69 Å². The molecule has 0 heterocycles. The first kappa shape index (κ1) is 29.6. The van der Waals surface area contributed by atoms with E-state index in [9.17, 15) is 18.0 Å². The Bertz CT molecular complexity index is 1170. The highest BCUT2D eigenvalue weighted by atomic mass is 35.5. The summed E-state index contributed by atoms with van der Waals surface area (Å²) in [5, 5.41) is 3.46. The third-order valence-corrected chi connectivity index (χ3v) is 7.80. The van der Waals surface area contributed by atoms with Gasteiger partial charge in [-0.25, -0.2) is 8.42 Å². The summed E-state index contributed by atoms with van der Waals surface area (Å²) in [6.45, 7) is 9.70. The number of carbonyl (C=O) groups is 2. The third kappa shape index (κ3) is 8.23. The van der Waals surface area contributed by atoms with Gasteiger partial charge in [0.1, 0.15) is 6.04 Å². The van der Waals surface area contributed by atoms with Crippen LogP contribution in [0, 0.1) is 13.8 Å². The standard InChI is InChI=1S/C27H38ClN3O4S/c1-7-21(4)29-27(33)22(5)30(18-23-11-8-9-12-24(23)28)26(32)13-10-16-31(36(6,34)35)25-17-19(2)14-15-20(25)3/h8-9,11-12,14-15,17,21-22H,7,10,13,16,18H2,1-6H3,(H,29,33)/t21-,22+/m0/s1. The molecular formula is C27H38ClN3O4S. The zero-order valence-electron chi connectivity index (χ0n) is 22.0. The van der Waals surface area contributed by atoms with Crippen LogP contribution in [0.3, 0.4) is 0 Å². The van der Waals surface area contributed by atoms with E-state index in [2.05, 4.69) is 5.32 Å². The zero-order chi connectivity index (χ0) is 27.0. The number of hydrogen-bond acceptors (Lipinski definition) is 4. The van der Waals surface area contributed by atoms with Crippen molar-refractivity contribution in [2.24, 2.45) is 0 Å². The number of halogens is 1. The first-order valence-corrected chi connectivity index (χ1v) is 14.5. The van der Waals surface area contributed by atoms with Crippen LogP contribution < -0.4 is 9.62 Å². The van der Waals surface area contributed by atoms with Gasteiger partial charge in [-0.15, -0.1) is 0 Å². The van der Waals surface area contributed by atoms with E-state index in [1.807, 2.05) is 64.1 Å². The molecule has 0 saturated heterocycles. The first-order chi connectivity index (χ1) is 16.8. The van der Waals surface area contributed by atoms with Gasteiger partial charge in [0.15, 0.2) is 0 Å². The van der Waals surface area contributed by atoms with E-state index in [0.717, 1.165) is 23.1 Å². The maximum Gasteiger partial charge on any atom is 0.242 e. The Morgan fingerprint density at radius 1 is 1.08 bits per heavy atom. The zero-order valence-corrected chi connectivity index (χ0v) is 23.6. The Labute approximate surface area is 220 Å². The minimum Gasteiger partial charge on any atom is -0.352 e. The van der Waals surface area contributed by atoms with Crippen LogP contribution in [-0.4, -0.2) is 50.0 Å². The molecular weight excluding hydrogens is 498 g/mol. The molecule has 2 aromatic carbocycles. The molecule has 0 aliphatic carbocycles. The van der Waals surface area contributed by atoms with Crippen LogP contribution in [0.25, 0.3) is 0 Å². The fourth-order valence-corrected chi connectivity index (χ4v) is 5.04. The molecule has 0 bridgehead atoms. The molecule has 0 aromatic heterocycles. The molecule has 0 saturated carbocycles. The van der Waals surface area contributed by atoms with Crippen molar-refractivity contribution < 1.29 is 18.0 Å². The van der Waals surface area contributed by atoms with Crippen molar-refractivity contribution in [2.75, 3.05) is 17.1 Å². The molecule has 0 unspecified atom stereocenters. The van der Waals surface area contributed by atoms with Crippen molar-refractivity contribution in [1.29, 1.82) is 0 Å². The highest BCUT2D eigenvalue weighted by molar-refractivity contribution is 7.92. The third-order valence-electron chi connectivity index (χ3n) is 6.25. The van der Waals surface area contributed by atoms with Gasteiger partial charge < -0.3 is 10.2 Å². The highest BCUT2D eigenvalue weighted by Gasteiger charge is 2.28. The molecule has 7 nitrogen and oxygen atoms in total. The lowest BCUT2D eigenvalue weighted by Gasteiger charge is -2.30. The summed E-state index contributed by atoms with van der Waals surface area (Å²) in [5.41, 5.74) is 3.14. The van der Waals surface area contributed by atoms with Crippen molar-refractivity contribution in [2.45, 2.75) is 72.5 Å². The molecule has 1 N–H and O–H groups in total. The molecule has 9 heteroatoms. The number of nitrogens with one attached hydrogen (secondary N) is 1. The van der Waals surface area contributed by atoms with Crippen LogP contribution in [-0.2, 0) is 26.2 Å². The summed E-state index contributed by atoms with van der Waals surface area (Å²) < 4.78 is 26.5. The maximum atomic E-state index is 13.4. The van der Waals surface area contributed by atoms with Gasteiger partial charge in [-0.1, -0.05) is 48.9 Å². The van der Waals surface area contributed by atoms with Crippen molar-refractivity contribution >= 4 is 39.1 Å². The summed E-state index contributed by atoms with van der Waals surface area (Å²) in [6.07, 6.45) is 2.33. The van der Waals surface area contributed by atoms with E-state index in [1.54, 1.807) is 13.0 Å². The number of anilines is 1. The molecule has 0 aliphatic rings. The molecule has 2 atom stereocenters. The molecule has 2 rings (SSSR count). The highest BCUT2D eigenvalue weighted by Crippen LogP contribution is 2.25. The number of benzene rings is 2. The van der Waals surface area contributed by atoms with Crippen molar-refractivity contribution in [3.8, 4) is 0 Å². The molecule has 0 aliphatic heterocycles. The molecule has 36 heavy (non-hydrogen) atoms. The number of hydrogen-bond donors (Lipinski definition) is 1. The summed E-state index contributed by atoms with van der Waals surface area (Å²) in [4.78, 5) is 27.8. The molecule has 2 aromatic rings. The van der Waals surface area contributed by atoms with Gasteiger partial charge >= 0.3 is 0 Å². The molecule has 198 valence electrons. The smallest absolute Gasteiger partial charge is 0.242 e. The van der Waals surface area contributed by atoms with E-state index in [1.165, 1.54) is 15.5 Å². The van der Waals surface area contributed by atoms with Gasteiger partial charge in [0.25, 0.3) is 0 Å². The van der Waals surface area contributed by atoms with E-state index in [0.29, 0.717) is 17.1 Å². The minimum absolute atomic E-state index is 0.0156. The summed E-state index contributed by atoms with van der Waals surface area (Å²) in [6, 6.07) is 12.1. The molecule has 0 fully saturated rings. The maximum absolute atomic E-state index is 13.4. The number of carbonyl (C=O) groups excluding carboxylic acids is 2. The molecule has 0 radical (unpaired) electrons. The van der Waals surface area contributed by atoms with Gasteiger partial charge in [0.05, 0.1) is 11.9 Å². The Morgan fingerprint density at radius 2 is 1.75 bits per heavy atom. The van der Waals surface area contributed by atoms with E-state index in [-0.39, 0.29) is 37.4 Å². The van der Waals surface area contributed by atoms with Gasteiger partial charge in [-0.2, -0.15) is 0 Å². The first-order valence-electron chi connectivity index (χ1n) is 12.2. The minimum atomic E-state index is -3.55. The number of nitrogens with zero attached hydrogens (tertiary/aromatic N) is 2. The van der Waals surface area contributed by atoms with Crippen LogP contribution >= 0.6 is 11.6 Å². The second-order valence-corrected chi connectivity index (χ2v) is 11.6. The second kappa shape index (κ2) is 13.1. The topological polar surface area (TPSA) is 86.8 Å². The summed E-state index contributed by atoms with van der Waals surface area (Å²) in [5.74, 6) is -0.478. The Hall–Kier alpha value is -2.58. The normalized spacial score (nSPS) is 13.1. The summed E-state index contributed by atoms with van der Waals surface area (Å²) >= 11 is 6.34. The monoisotopic (exact) mass is 535 g/mol. The van der Waals surface area contributed by atoms with Crippen molar-refractivity contribution in [3.05, 3.63) is 64.2 Å². The second-order valence-electron chi connectivity index (χ2n) is 9.34. The number of aryl methyl sites for hydroxylation is 2. The predicted octanol–water partition coefficient (Wildman–Crippen LogP) is 4.84. The quantitative estimate of drug-likeness (QED) is 0.421.